The fraction of sp³-hybridized carbons (Fsp3) is 0.286. The summed E-state index contributed by atoms with van der Waals surface area (Å²) in [5.41, 5.74) is 0.194. The lowest BCUT2D eigenvalue weighted by molar-refractivity contribution is -0.274. The number of rotatable bonds is 7. The molecule has 2 unspecified atom stereocenters. The lowest BCUT2D eigenvalue weighted by atomic mass is 9.84. The van der Waals surface area contributed by atoms with Gasteiger partial charge in [0.1, 0.15) is 5.75 Å². The van der Waals surface area contributed by atoms with Crippen LogP contribution >= 0.6 is 11.6 Å². The van der Waals surface area contributed by atoms with Crippen LogP contribution in [0.1, 0.15) is 47.3 Å². The molecule has 2 heterocycles. The summed E-state index contributed by atoms with van der Waals surface area (Å²) in [5.74, 6) is -0.413. The molecule has 1 aliphatic heterocycles. The normalized spacial score (nSPS) is 16.2. The molecule has 0 saturated heterocycles. The second kappa shape index (κ2) is 10.2. The van der Waals surface area contributed by atoms with Crippen molar-refractivity contribution in [1.82, 2.24) is 9.88 Å². The third-order valence-electron chi connectivity index (χ3n) is 6.85. The molecule has 0 saturated carbocycles. The number of fused-ring (bicyclic) bond motifs is 1. The van der Waals surface area contributed by atoms with Gasteiger partial charge in [0.05, 0.1) is 24.7 Å². The van der Waals surface area contributed by atoms with E-state index in [1.807, 2.05) is 19.1 Å². The molecule has 3 aromatic rings. The second-order valence-corrected chi connectivity index (χ2v) is 9.55. The number of phenols is 1. The smallest absolute Gasteiger partial charge is 0.422 e. The third kappa shape index (κ3) is 5.22. The van der Waals surface area contributed by atoms with Gasteiger partial charge in [-0.1, -0.05) is 48.5 Å². The molecule has 1 N–H and O–H groups in total. The molecule has 0 aliphatic carbocycles. The van der Waals surface area contributed by atoms with E-state index in [1.165, 1.54) is 0 Å². The molecule has 2 atom stereocenters. The highest BCUT2D eigenvalue weighted by molar-refractivity contribution is 6.30. The van der Waals surface area contributed by atoms with Crippen molar-refractivity contribution in [1.29, 1.82) is 0 Å². The van der Waals surface area contributed by atoms with Crippen molar-refractivity contribution in [2.24, 2.45) is 0 Å². The number of hydrogen-bond acceptors (Lipinski definition) is 4. The topological polar surface area (TPSA) is 62.7 Å². The molecule has 4 rings (SSSR count). The van der Waals surface area contributed by atoms with E-state index in [4.69, 9.17) is 16.3 Å². The number of alkyl halides is 3. The minimum Gasteiger partial charge on any atom is -0.508 e. The Morgan fingerprint density at radius 2 is 1.92 bits per heavy atom. The van der Waals surface area contributed by atoms with E-state index < -0.39 is 23.9 Å². The lowest BCUT2D eigenvalue weighted by Crippen LogP contribution is -2.44. The van der Waals surface area contributed by atoms with Gasteiger partial charge < -0.3 is 14.7 Å². The first-order valence-corrected chi connectivity index (χ1v) is 11.9. The fourth-order valence-corrected chi connectivity index (χ4v) is 4.93. The van der Waals surface area contributed by atoms with Crippen molar-refractivity contribution in [3.05, 3.63) is 100 Å². The summed E-state index contributed by atoms with van der Waals surface area (Å²) in [6.07, 6.45) is -3.47. The van der Waals surface area contributed by atoms with Crippen molar-refractivity contribution >= 4 is 23.1 Å². The molecule has 0 radical (unpaired) electrons. The van der Waals surface area contributed by atoms with Crippen molar-refractivity contribution < 1.29 is 27.8 Å². The number of ether oxygens (including phenoxy) is 1. The Balaban J connectivity index is 1.57. The molecule has 0 bridgehead atoms. The van der Waals surface area contributed by atoms with Crippen molar-refractivity contribution in [2.75, 3.05) is 7.11 Å². The van der Waals surface area contributed by atoms with E-state index in [0.717, 1.165) is 42.1 Å². The first kappa shape index (κ1) is 26.7. The lowest BCUT2D eigenvalue weighted by Gasteiger charge is -2.36. The minimum absolute atomic E-state index is 0.0127. The van der Waals surface area contributed by atoms with Gasteiger partial charge in [0, 0.05) is 24.8 Å². The summed E-state index contributed by atoms with van der Waals surface area (Å²) in [4.78, 5) is 18.9. The molecule has 2 aromatic carbocycles. The van der Waals surface area contributed by atoms with E-state index in [-0.39, 0.29) is 34.5 Å². The summed E-state index contributed by atoms with van der Waals surface area (Å²) in [7, 11) is 0.964. The number of benzene rings is 2. The Labute approximate surface area is 218 Å². The first-order chi connectivity index (χ1) is 17.4. The van der Waals surface area contributed by atoms with Crippen LogP contribution in [-0.4, -0.2) is 34.2 Å². The zero-order valence-electron chi connectivity index (χ0n) is 20.3. The Morgan fingerprint density at radius 3 is 2.54 bits per heavy atom. The molecule has 0 fully saturated rings. The fourth-order valence-electron chi connectivity index (χ4n) is 4.70. The van der Waals surface area contributed by atoms with Crippen LogP contribution in [-0.2, 0) is 28.1 Å². The number of methoxy groups -OCH3 is 1. The van der Waals surface area contributed by atoms with E-state index >= 15 is 0 Å². The van der Waals surface area contributed by atoms with E-state index in [1.54, 1.807) is 35.4 Å². The van der Waals surface area contributed by atoms with Crippen LogP contribution in [0.3, 0.4) is 0 Å². The summed E-state index contributed by atoms with van der Waals surface area (Å²) in [6.45, 7) is 6.19. The van der Waals surface area contributed by atoms with Gasteiger partial charge in [-0.2, -0.15) is 13.2 Å². The van der Waals surface area contributed by atoms with Gasteiger partial charge in [0.15, 0.2) is 5.60 Å². The van der Waals surface area contributed by atoms with Crippen LogP contribution in [0.15, 0.2) is 67.4 Å². The summed E-state index contributed by atoms with van der Waals surface area (Å²) in [6, 6.07) is 13.6. The molecule has 1 aromatic heterocycles. The number of halogens is 4. The van der Waals surface area contributed by atoms with Gasteiger partial charge in [-0.15, -0.1) is 0 Å². The van der Waals surface area contributed by atoms with Gasteiger partial charge in [0.2, 0.25) is 5.91 Å². The van der Waals surface area contributed by atoms with E-state index in [0.29, 0.717) is 12.1 Å². The maximum absolute atomic E-state index is 14.4. The monoisotopic (exact) mass is 530 g/mol. The Kier molecular flexibility index (Phi) is 7.35. The summed E-state index contributed by atoms with van der Waals surface area (Å²) >= 11 is 5.93. The number of carbonyl (C=O) groups is 1. The van der Waals surface area contributed by atoms with E-state index in [9.17, 15) is 23.1 Å². The van der Waals surface area contributed by atoms with Crippen LogP contribution in [0, 0.1) is 0 Å². The van der Waals surface area contributed by atoms with Gasteiger partial charge in [0.25, 0.3) is 0 Å². The molecule has 0 spiro atoms. The summed E-state index contributed by atoms with van der Waals surface area (Å²) in [5, 5.41) is 9.82. The van der Waals surface area contributed by atoms with Crippen LogP contribution in [0.25, 0.3) is 5.57 Å². The summed E-state index contributed by atoms with van der Waals surface area (Å²) < 4.78 is 48.2. The highest BCUT2D eigenvalue weighted by Gasteiger charge is 2.57. The number of hydrogen-bond donors (Lipinski definition) is 1. The van der Waals surface area contributed by atoms with Gasteiger partial charge in [-0.05, 0) is 59.0 Å². The van der Waals surface area contributed by atoms with Crippen molar-refractivity contribution in [3.63, 3.8) is 0 Å². The zero-order chi connectivity index (χ0) is 27.0. The highest BCUT2D eigenvalue weighted by Crippen LogP contribution is 2.48. The first-order valence-electron chi connectivity index (χ1n) is 11.6. The highest BCUT2D eigenvalue weighted by atomic mass is 35.5. The molecule has 9 heteroatoms. The Hall–Kier alpha value is -3.36. The second-order valence-electron chi connectivity index (χ2n) is 9.11. The average molecular weight is 531 g/mol. The molecule has 5 nitrogen and oxygen atoms in total. The number of pyridine rings is 1. The number of aromatic hydroxyl groups is 1. The van der Waals surface area contributed by atoms with Gasteiger partial charge >= 0.3 is 6.18 Å². The van der Waals surface area contributed by atoms with Gasteiger partial charge in [-0.3, -0.25) is 9.78 Å². The minimum atomic E-state index is -4.82. The number of nitrogens with zero attached hydrogens (tertiary/aromatic N) is 2. The SMILES string of the molecule is C=C(CC(OC)(c1cc(O)cc(Cl)c1)C(F)(F)F)c1ccc(C(C)N2Cc3ncccc3CC2=O)cc1. The average Bonchev–Trinajstić information content (AvgIpc) is 2.85. The molecular formula is C28H26ClF3N2O3. The number of phenolic OH excluding ortho intramolecular Hbond substituents is 1. The Bertz CT molecular complexity index is 1310. The molecule has 1 aliphatic rings. The van der Waals surface area contributed by atoms with E-state index in [2.05, 4.69) is 11.6 Å². The number of carbonyl (C=O) groups excluding carboxylic acids is 1. The third-order valence-corrected chi connectivity index (χ3v) is 7.07. The molecule has 1 amide bonds. The van der Waals surface area contributed by atoms with Crippen molar-refractivity contribution in [3.8, 4) is 5.75 Å². The standard InChI is InChI=1S/C28H26ClF3N2O3/c1-17(15-27(37-3,28(30,31)32)22-12-23(29)14-24(35)13-22)19-6-8-20(9-7-19)18(2)34-16-25-21(11-26(34)36)5-4-10-33-25/h4-10,12-14,18,35H,1,11,15-16H2,2-3H3. The van der Waals surface area contributed by atoms with Crippen LogP contribution < -0.4 is 0 Å². The number of aromatic nitrogens is 1. The Morgan fingerprint density at radius 1 is 1.22 bits per heavy atom. The van der Waals surface area contributed by atoms with Crippen molar-refractivity contribution in [2.45, 2.75) is 44.1 Å². The van der Waals surface area contributed by atoms with Crippen LogP contribution in [0.4, 0.5) is 13.2 Å². The van der Waals surface area contributed by atoms with Gasteiger partial charge in [-0.25, -0.2) is 0 Å². The maximum atomic E-state index is 14.4. The van der Waals surface area contributed by atoms with Crippen LogP contribution in [0.2, 0.25) is 5.02 Å². The predicted molar refractivity (Wildman–Crippen MR) is 135 cm³/mol. The maximum Gasteiger partial charge on any atom is 0.422 e. The number of amides is 1. The largest absolute Gasteiger partial charge is 0.508 e. The molecule has 37 heavy (non-hydrogen) atoms. The van der Waals surface area contributed by atoms with Crippen LogP contribution in [0.5, 0.6) is 5.75 Å². The zero-order valence-corrected chi connectivity index (χ0v) is 21.1. The quantitative estimate of drug-likeness (QED) is 0.374. The predicted octanol–water partition coefficient (Wildman–Crippen LogP) is 6.59. The molecular weight excluding hydrogens is 505 g/mol. The molecule has 194 valence electrons.